The molecule has 0 bridgehead atoms. The van der Waals surface area contributed by atoms with Gasteiger partial charge in [-0.3, -0.25) is 4.79 Å². The third kappa shape index (κ3) is 6.46. The molecule has 0 amide bonds. The maximum atomic E-state index is 13.6. The number of carboxylic acids is 1. The Balaban J connectivity index is 0.00000420. The van der Waals surface area contributed by atoms with Gasteiger partial charge >= 0.3 is 41.5 Å². The van der Waals surface area contributed by atoms with Crippen molar-refractivity contribution in [2.45, 2.75) is 11.8 Å². The van der Waals surface area contributed by atoms with Crippen molar-refractivity contribution in [2.75, 3.05) is 12.9 Å². The summed E-state index contributed by atoms with van der Waals surface area (Å²) in [6, 6.07) is 7.81. The quantitative estimate of drug-likeness (QED) is 0.299. The second-order valence-corrected chi connectivity index (χ2v) is 7.88. The summed E-state index contributed by atoms with van der Waals surface area (Å²) in [7, 11) is -3.48. The molecule has 2 rings (SSSR count). The number of benzene rings is 2. The van der Waals surface area contributed by atoms with E-state index in [1.54, 1.807) is 0 Å². The number of sulfone groups is 1. The molecule has 0 aromatic heterocycles. The largest absolute Gasteiger partial charge is 1.00 e. The first-order valence-electron chi connectivity index (χ1n) is 7.86. The van der Waals surface area contributed by atoms with Crippen LogP contribution in [0, 0.1) is 11.6 Å². The zero-order valence-corrected chi connectivity index (χ0v) is 18.7. The first-order valence-corrected chi connectivity index (χ1v) is 9.75. The van der Waals surface area contributed by atoms with Crippen LogP contribution in [0.4, 0.5) is 8.78 Å². The summed E-state index contributed by atoms with van der Waals surface area (Å²) in [4.78, 5) is 23.1. The minimum atomic E-state index is -3.48. The number of rotatable bonds is 6. The Morgan fingerprint density at radius 1 is 1.03 bits per heavy atom. The van der Waals surface area contributed by atoms with Crippen LogP contribution in [-0.2, 0) is 24.2 Å². The normalized spacial score (nSPS) is 11.9. The molecule has 1 N–H and O–H groups in total. The van der Waals surface area contributed by atoms with Gasteiger partial charge in [0.05, 0.1) is 10.5 Å². The number of carboxylic acid groups (broad SMARTS) is 1. The topological polar surface area (TPSA) is 97.7 Å². The van der Waals surface area contributed by atoms with Gasteiger partial charge < -0.3 is 11.3 Å². The van der Waals surface area contributed by atoms with Crippen molar-refractivity contribution in [1.82, 2.24) is 0 Å². The van der Waals surface area contributed by atoms with E-state index in [0.717, 1.165) is 31.4 Å². The summed E-state index contributed by atoms with van der Waals surface area (Å²) in [6.45, 7) is 0.663. The maximum absolute atomic E-state index is 13.6. The van der Waals surface area contributed by atoms with Gasteiger partial charge in [0.25, 0.3) is 0 Å². The van der Waals surface area contributed by atoms with Gasteiger partial charge in [-0.15, -0.1) is 0 Å². The molecule has 0 spiro atoms. The van der Waals surface area contributed by atoms with Crippen molar-refractivity contribution in [1.29, 1.82) is 0 Å². The van der Waals surface area contributed by atoms with Gasteiger partial charge in [-0.2, -0.15) is 0 Å². The van der Waals surface area contributed by atoms with Gasteiger partial charge in [0.15, 0.2) is 21.5 Å². The monoisotopic (exact) mass is 434 g/mol. The van der Waals surface area contributed by atoms with Gasteiger partial charge in [0, 0.05) is 18.8 Å². The molecule has 2 aromatic carbocycles. The number of hydrogen-bond donors (Lipinski definition) is 1. The average Bonchev–Trinajstić information content (AvgIpc) is 2.60. The fourth-order valence-corrected chi connectivity index (χ4v) is 3.09. The molecule has 29 heavy (non-hydrogen) atoms. The zero-order chi connectivity index (χ0) is 21.1. The molecular formula is C19H17F2NaO6S. The first-order chi connectivity index (χ1) is 13.0. The summed E-state index contributed by atoms with van der Waals surface area (Å²) >= 11 is 0. The van der Waals surface area contributed by atoms with Gasteiger partial charge in [0.2, 0.25) is 0 Å². The fraction of sp³-hybridized carbons (Fsp3) is 0.158. The number of carbonyl (C=O) groups is 2. The zero-order valence-electron chi connectivity index (χ0n) is 16.9. The second kappa shape index (κ2) is 10.1. The van der Waals surface area contributed by atoms with Crippen molar-refractivity contribution in [3.8, 4) is 0 Å². The minimum absolute atomic E-state index is 0. The number of esters is 1. The fourth-order valence-electron chi connectivity index (χ4n) is 2.46. The van der Waals surface area contributed by atoms with E-state index in [-0.39, 0.29) is 52.6 Å². The van der Waals surface area contributed by atoms with E-state index in [0.29, 0.717) is 0 Å². The molecule has 0 saturated carbocycles. The molecule has 0 aliphatic heterocycles. The molecule has 0 fully saturated rings. The Kier molecular flexibility index (Phi) is 8.70. The summed E-state index contributed by atoms with van der Waals surface area (Å²) < 4.78 is 55.0. The molecule has 0 atom stereocenters. The van der Waals surface area contributed by atoms with E-state index in [9.17, 15) is 31.9 Å². The van der Waals surface area contributed by atoms with Crippen LogP contribution >= 0.6 is 0 Å². The van der Waals surface area contributed by atoms with Crippen LogP contribution in [0.3, 0.4) is 0 Å². The molecule has 6 nitrogen and oxygen atoms in total. The molecular weight excluding hydrogens is 417 g/mol. The van der Waals surface area contributed by atoms with Gasteiger partial charge in [-0.25, -0.2) is 22.0 Å². The minimum Gasteiger partial charge on any atom is -1.00 e. The Labute approximate surface area is 189 Å². The van der Waals surface area contributed by atoms with Crippen LogP contribution < -0.4 is 29.6 Å². The van der Waals surface area contributed by atoms with Crippen molar-refractivity contribution < 1.29 is 67.6 Å². The van der Waals surface area contributed by atoms with Crippen molar-refractivity contribution in [3.05, 3.63) is 65.2 Å². The molecule has 2 aromatic rings. The third-order valence-electron chi connectivity index (χ3n) is 3.77. The SMILES string of the molecule is CC(=O)OCC(=C(C(=O)O)c1ccc(F)c(F)c1)c1ccc(S(C)(=O)=O)cc1.[H-].[Na+]. The number of carbonyl (C=O) groups excluding carboxylic acids is 1. The first kappa shape index (κ1) is 25.0. The van der Waals surface area contributed by atoms with E-state index in [1.165, 1.54) is 24.3 Å². The van der Waals surface area contributed by atoms with Gasteiger partial charge in [0.1, 0.15) is 6.61 Å². The van der Waals surface area contributed by atoms with Crippen molar-refractivity contribution >= 4 is 32.9 Å². The average molecular weight is 434 g/mol. The molecule has 0 heterocycles. The second-order valence-electron chi connectivity index (χ2n) is 5.86. The summed E-state index contributed by atoms with van der Waals surface area (Å²) in [6.07, 6.45) is 1.02. The van der Waals surface area contributed by atoms with E-state index in [1.807, 2.05) is 0 Å². The van der Waals surface area contributed by atoms with Gasteiger partial charge in [-0.1, -0.05) is 18.2 Å². The van der Waals surface area contributed by atoms with Crippen molar-refractivity contribution in [3.63, 3.8) is 0 Å². The molecule has 0 unspecified atom stereocenters. The molecule has 0 radical (unpaired) electrons. The molecule has 150 valence electrons. The van der Waals surface area contributed by atoms with E-state index >= 15 is 0 Å². The smallest absolute Gasteiger partial charge is 1.00 e. The predicted octanol–water partition coefficient (Wildman–Crippen LogP) is 0.0433. The van der Waals surface area contributed by atoms with E-state index < -0.39 is 45.6 Å². The van der Waals surface area contributed by atoms with Crippen LogP contribution in [0.25, 0.3) is 11.1 Å². The van der Waals surface area contributed by atoms with Crippen LogP contribution in [0.2, 0.25) is 0 Å². The van der Waals surface area contributed by atoms with E-state index in [4.69, 9.17) is 4.74 Å². The Morgan fingerprint density at radius 3 is 2.03 bits per heavy atom. The van der Waals surface area contributed by atoms with Crippen LogP contribution in [-0.4, -0.2) is 38.3 Å². The standard InChI is InChI=1S/C19H16F2O6S.Na.H/c1-11(22)27-10-15(12-3-6-14(7-4-12)28(2,25)26)18(19(23)24)13-5-8-16(20)17(21)9-13;;/h3-9H,10H2,1-2H3,(H,23,24);;/q;+1;-1. The number of aliphatic carboxylic acids is 1. The predicted molar refractivity (Wildman–Crippen MR) is 98.1 cm³/mol. The number of halogens is 2. The van der Waals surface area contributed by atoms with Gasteiger partial charge in [-0.05, 0) is 35.4 Å². The molecule has 0 aliphatic rings. The van der Waals surface area contributed by atoms with Crippen LogP contribution in [0.1, 0.15) is 19.5 Å². The molecule has 0 saturated heterocycles. The molecule has 0 aliphatic carbocycles. The van der Waals surface area contributed by atoms with Crippen molar-refractivity contribution in [2.24, 2.45) is 0 Å². The summed E-state index contributed by atoms with van der Waals surface area (Å²) in [5.74, 6) is -4.52. The van der Waals surface area contributed by atoms with Crippen LogP contribution in [0.15, 0.2) is 47.4 Å². The Bertz CT molecular complexity index is 1070. The third-order valence-corrected chi connectivity index (χ3v) is 4.90. The Hall–Kier alpha value is -2.07. The number of hydrogen-bond acceptors (Lipinski definition) is 5. The molecule has 10 heteroatoms. The number of ether oxygens (including phenoxy) is 1. The van der Waals surface area contributed by atoms with E-state index in [2.05, 4.69) is 0 Å². The maximum Gasteiger partial charge on any atom is 1.00 e. The summed E-state index contributed by atoms with van der Waals surface area (Å²) in [5.41, 5.74) is -0.308. The Morgan fingerprint density at radius 2 is 1.59 bits per heavy atom. The summed E-state index contributed by atoms with van der Waals surface area (Å²) in [5, 5.41) is 9.66. The van der Waals surface area contributed by atoms with Crippen LogP contribution in [0.5, 0.6) is 0 Å².